The van der Waals surface area contributed by atoms with Crippen molar-refractivity contribution in [2.75, 3.05) is 0 Å². The highest BCUT2D eigenvalue weighted by atomic mass is 13.9. The molecule has 0 aliphatic carbocycles. The van der Waals surface area contributed by atoms with Crippen molar-refractivity contribution >= 4 is 6.15 Å². The molecule has 9 heavy (non-hydrogen) atoms. The highest BCUT2D eigenvalue weighted by Gasteiger charge is 2.14. The van der Waals surface area contributed by atoms with E-state index in [1.165, 1.54) is 0 Å². The molecule has 0 nitrogen and oxygen atoms in total. The summed E-state index contributed by atoms with van der Waals surface area (Å²) in [7, 11) is 0. The van der Waals surface area contributed by atoms with E-state index >= 15 is 0 Å². The van der Waals surface area contributed by atoms with Crippen LogP contribution in [0.5, 0.6) is 0 Å². The summed E-state index contributed by atoms with van der Waals surface area (Å²) in [5, 5.41) is 0. The topological polar surface area (TPSA) is 0 Å². The van der Waals surface area contributed by atoms with Crippen molar-refractivity contribution in [3.8, 4) is 0 Å². The Morgan fingerprint density at radius 1 is 1.00 bits per heavy atom. The lowest BCUT2D eigenvalue weighted by molar-refractivity contribution is 1.11. The van der Waals surface area contributed by atoms with Gasteiger partial charge in [0.25, 0.3) is 0 Å². The first-order valence-corrected chi connectivity index (χ1v) is 2.15. The Labute approximate surface area is 88.1 Å². The average Bonchev–Trinajstić information content (AvgIpc) is 2.31. The van der Waals surface area contributed by atoms with Crippen molar-refractivity contribution in [1.29, 1.82) is 0 Å². The van der Waals surface area contributed by atoms with Crippen LogP contribution in [0, 0.1) is 0 Å². The molecule has 0 amide bonds. The lowest BCUT2D eigenvalue weighted by atomic mass is 9.19. The fourth-order valence-corrected chi connectivity index (χ4v) is 0.217. The molecule has 0 aromatic heterocycles. The predicted octanol–water partition coefficient (Wildman–Crippen LogP) is 3.51. The average molecular weight is 147 g/mol. The Balaban J connectivity index is 8.26. The maximum absolute atomic E-state index is 7.95. The molecule has 0 N–H and O–H groups in total. The molecule has 0 rings (SSSR count). The molecule has 0 aliphatic rings. The van der Waals surface area contributed by atoms with Crippen LogP contribution in [0.3, 0.4) is 0 Å². The minimum atomic E-state index is -5.92. The van der Waals surface area contributed by atoms with E-state index in [9.17, 15) is 0 Å². The van der Waals surface area contributed by atoms with Gasteiger partial charge in [0.05, 0.1) is 0 Å². The molecule has 0 radical (unpaired) electrons. The summed E-state index contributed by atoms with van der Waals surface area (Å²) >= 11 is 0. The normalized spacial score (nSPS) is 56.9. The van der Waals surface area contributed by atoms with Crippen molar-refractivity contribution < 1.29 is 27.4 Å². The highest BCUT2D eigenvalue weighted by molar-refractivity contribution is 6.79. The molecule has 0 atom stereocenters. The quantitative estimate of drug-likeness (QED) is 0.534. The van der Waals surface area contributed by atoms with Gasteiger partial charge in [-0.05, 0) is 17.1 Å². The zero-order valence-corrected chi connectivity index (χ0v) is 4.58. The zero-order valence-electron chi connectivity index (χ0n) is 24.6. The van der Waals surface area contributed by atoms with Crippen molar-refractivity contribution in [1.82, 2.24) is 0 Å². The number of hydrogen-bond donors (Lipinski definition) is 0. The second kappa shape index (κ2) is 3.97. The van der Waals surface area contributed by atoms with Gasteiger partial charge in [0, 0.05) is 16.4 Å². The van der Waals surface area contributed by atoms with Crippen LogP contribution in [-0.4, -0.2) is 6.15 Å². The summed E-state index contributed by atoms with van der Waals surface area (Å²) in [6.07, 6.45) is -24.2. The molecule has 1 heteroatoms. The van der Waals surface area contributed by atoms with E-state index in [1.54, 1.807) is 0 Å². The van der Waals surface area contributed by atoms with Gasteiger partial charge in [0.15, 0.2) is 0 Å². The molecule has 0 aliphatic heterocycles. The second-order valence-electron chi connectivity index (χ2n) is 1.44. The van der Waals surface area contributed by atoms with E-state index in [2.05, 4.69) is 0 Å². The van der Waals surface area contributed by atoms with E-state index in [4.69, 9.17) is 27.4 Å². The van der Waals surface area contributed by atoms with Crippen LogP contribution in [-0.2, 0) is 0 Å². The molecule has 56 valence electrons. The van der Waals surface area contributed by atoms with Crippen LogP contribution in [0.2, 0.25) is 25.1 Å². The monoisotopic (exact) mass is 147 g/mol. The summed E-state index contributed by atoms with van der Waals surface area (Å²) in [5.74, 6) is 0. The van der Waals surface area contributed by atoms with E-state index in [0.717, 1.165) is 0 Å². The van der Waals surface area contributed by atoms with Gasteiger partial charge < -0.3 is 0 Å². The van der Waals surface area contributed by atoms with Gasteiger partial charge in [-0.25, -0.2) is 0 Å². The Kier molecular flexibility index (Phi) is 0.331. The van der Waals surface area contributed by atoms with Gasteiger partial charge in [-0.1, -0.05) is 27.4 Å². The smallest absolute Gasteiger partial charge is 0.0197 e. The standard InChI is InChI=1S/C8H20B/c1-5-9(6-2,7-3)8-4/h5-8H2,1-4H3/q-1/i1D3,2D3,3D3,4D3,5D2,6D2,7D2,8D2. The largest absolute Gasteiger partial charge is 0.181 e. The van der Waals surface area contributed by atoms with Crippen molar-refractivity contribution in [3.05, 3.63) is 0 Å². The summed E-state index contributed by atoms with van der Waals surface area (Å²) in [6.45, 7) is -16.8. The van der Waals surface area contributed by atoms with Crippen LogP contribution in [0.1, 0.15) is 54.8 Å². The first-order chi connectivity index (χ1) is 12.0. The summed E-state index contributed by atoms with van der Waals surface area (Å²) < 4.78 is 152. The molecular weight excluding hydrogens is 107 g/mol. The summed E-state index contributed by atoms with van der Waals surface area (Å²) in [6, 6.07) is 0. The van der Waals surface area contributed by atoms with Crippen molar-refractivity contribution in [2.24, 2.45) is 0 Å². The number of hydrogen-bond acceptors (Lipinski definition) is 0. The molecule has 0 heterocycles. The van der Waals surface area contributed by atoms with Gasteiger partial charge >= 0.3 is 0 Å². The van der Waals surface area contributed by atoms with Gasteiger partial charge in [0.2, 0.25) is 0 Å². The van der Waals surface area contributed by atoms with Gasteiger partial charge in [-0.2, -0.15) is 25.1 Å². The predicted molar refractivity (Wildman–Crippen MR) is 47.7 cm³/mol. The van der Waals surface area contributed by atoms with Crippen LogP contribution < -0.4 is 0 Å². The molecule has 0 aromatic rings. The molecule has 0 unspecified atom stereocenters. The third-order valence-electron chi connectivity index (χ3n) is 0.866. The first-order valence-electron chi connectivity index (χ1n) is 12.2. The van der Waals surface area contributed by atoms with Crippen LogP contribution >= 0.6 is 0 Å². The molecule has 0 fully saturated rings. The first kappa shape index (κ1) is 0.749. The fourth-order valence-electron chi connectivity index (χ4n) is 0.217. The zero-order chi connectivity index (χ0) is 24.5. The second-order valence-corrected chi connectivity index (χ2v) is 1.44. The Morgan fingerprint density at radius 2 is 1.33 bits per heavy atom. The van der Waals surface area contributed by atoms with Crippen LogP contribution in [0.4, 0.5) is 0 Å². The van der Waals surface area contributed by atoms with E-state index in [-0.39, 0.29) is 0 Å². The lowest BCUT2D eigenvalue weighted by Gasteiger charge is -2.34. The molecule has 0 aromatic carbocycles. The Hall–Kier alpha value is 0.0649. The van der Waals surface area contributed by atoms with Gasteiger partial charge in [-0.15, -0.1) is 0 Å². The lowest BCUT2D eigenvalue weighted by Crippen LogP contribution is -2.29. The Bertz CT molecular complexity index is 486. The van der Waals surface area contributed by atoms with Crippen molar-refractivity contribution in [2.45, 2.75) is 52.5 Å². The minimum absolute atomic E-state index is 4.21. The minimum Gasteiger partial charge on any atom is -0.181 e. The van der Waals surface area contributed by atoms with Gasteiger partial charge in [0.1, 0.15) is 0 Å². The third-order valence-corrected chi connectivity index (χ3v) is 0.866. The maximum atomic E-state index is 7.95. The van der Waals surface area contributed by atoms with Crippen LogP contribution in [0.15, 0.2) is 0 Å². The van der Waals surface area contributed by atoms with E-state index in [0.29, 0.717) is 0 Å². The molecular formula is C8H20B-. The summed E-state index contributed by atoms with van der Waals surface area (Å²) in [5.41, 5.74) is 0. The third kappa shape index (κ3) is 2.04. The van der Waals surface area contributed by atoms with E-state index < -0.39 is 58.6 Å². The molecule has 0 bridgehead atoms. The maximum Gasteiger partial charge on any atom is 0.0197 e. The highest BCUT2D eigenvalue weighted by Crippen LogP contribution is 2.23. The van der Waals surface area contributed by atoms with Crippen LogP contribution in [0.25, 0.3) is 0 Å². The molecule has 0 saturated carbocycles. The fraction of sp³-hybridized carbons (Fsp3) is 1.00. The van der Waals surface area contributed by atoms with Crippen molar-refractivity contribution in [3.63, 3.8) is 0 Å². The van der Waals surface area contributed by atoms with E-state index in [1.807, 2.05) is 0 Å². The Morgan fingerprint density at radius 3 is 1.56 bits per heavy atom. The van der Waals surface area contributed by atoms with Gasteiger partial charge in [-0.3, -0.25) is 0 Å². The number of rotatable bonds is 4. The summed E-state index contributed by atoms with van der Waals surface area (Å²) in [4.78, 5) is 0. The SMILES string of the molecule is [2H]C([2H])([2H])C([2H])([2H])[B-](C([2H])([2H])C([2H])([2H])[2H])(C([2H])([2H])C([2H])([2H])[2H])C([2H])([2H])C([2H])([2H])[2H]. The molecule has 0 saturated heterocycles. The molecule has 0 spiro atoms.